The molecule has 0 aliphatic heterocycles. The third kappa shape index (κ3) is 3.80. The summed E-state index contributed by atoms with van der Waals surface area (Å²) in [6.45, 7) is 0. The smallest absolute Gasteiger partial charge is 0.337 e. The predicted molar refractivity (Wildman–Crippen MR) is 109 cm³/mol. The van der Waals surface area contributed by atoms with Gasteiger partial charge >= 0.3 is 5.97 Å². The molecule has 0 radical (unpaired) electrons. The van der Waals surface area contributed by atoms with E-state index in [1.807, 2.05) is 0 Å². The third-order valence-corrected chi connectivity index (χ3v) is 5.74. The van der Waals surface area contributed by atoms with Gasteiger partial charge in [0.1, 0.15) is 5.52 Å². The molecule has 0 fully saturated rings. The summed E-state index contributed by atoms with van der Waals surface area (Å²) >= 11 is 5.96. The monoisotopic (exact) mass is 428 g/mol. The van der Waals surface area contributed by atoms with Crippen LogP contribution in [0.15, 0.2) is 76.0 Å². The molecule has 1 aromatic heterocycles. The van der Waals surface area contributed by atoms with Gasteiger partial charge in [0.2, 0.25) is 5.89 Å². The molecule has 9 heteroatoms. The third-order valence-electron chi connectivity index (χ3n) is 4.14. The maximum Gasteiger partial charge on any atom is 0.337 e. The number of fused-ring (bicyclic) bond motifs is 1. The molecule has 2 N–H and O–H groups in total. The number of hydrogen-bond donors (Lipinski definition) is 2. The molecule has 4 rings (SSSR count). The van der Waals surface area contributed by atoms with Gasteiger partial charge < -0.3 is 9.52 Å². The minimum absolute atomic E-state index is 0.0260. The molecular weight excluding hydrogens is 416 g/mol. The van der Waals surface area contributed by atoms with Crippen LogP contribution in [0, 0.1) is 0 Å². The van der Waals surface area contributed by atoms with Gasteiger partial charge in [-0.1, -0.05) is 29.8 Å². The van der Waals surface area contributed by atoms with Gasteiger partial charge in [0.15, 0.2) is 5.58 Å². The molecule has 4 aromatic rings. The number of carbonyl (C=O) groups is 1. The number of halogens is 1. The fourth-order valence-corrected chi connectivity index (χ4v) is 4.07. The number of carboxylic acid groups (broad SMARTS) is 1. The van der Waals surface area contributed by atoms with Gasteiger partial charge in [-0.05, 0) is 48.5 Å². The summed E-state index contributed by atoms with van der Waals surface area (Å²) in [6.07, 6.45) is 0. The Balaban J connectivity index is 1.71. The molecule has 0 bridgehead atoms. The summed E-state index contributed by atoms with van der Waals surface area (Å²) in [5.74, 6) is -0.993. The zero-order valence-electron chi connectivity index (χ0n) is 14.7. The minimum atomic E-state index is -4.04. The molecule has 7 nitrogen and oxygen atoms in total. The standard InChI is InChI=1S/C20H13ClN2O5S/c21-13-8-9-18-17(11-13)22-19(28-18)12-4-3-5-14(10-12)29(26,27)23-16-7-2-1-6-15(16)20(24)25/h1-11,23H,(H,24,25). The number of para-hydroxylation sites is 1. The number of sulfonamides is 1. The Morgan fingerprint density at radius 1 is 1.03 bits per heavy atom. The summed E-state index contributed by atoms with van der Waals surface area (Å²) in [5.41, 5.74) is 1.34. The van der Waals surface area contributed by atoms with Gasteiger partial charge in [-0.25, -0.2) is 18.2 Å². The van der Waals surface area contributed by atoms with E-state index in [-0.39, 0.29) is 22.0 Å². The lowest BCUT2D eigenvalue weighted by Crippen LogP contribution is -2.15. The van der Waals surface area contributed by atoms with E-state index >= 15 is 0 Å². The first-order chi connectivity index (χ1) is 13.8. The van der Waals surface area contributed by atoms with Crippen LogP contribution >= 0.6 is 11.6 Å². The van der Waals surface area contributed by atoms with Gasteiger partial charge in [0, 0.05) is 10.6 Å². The van der Waals surface area contributed by atoms with Crippen LogP contribution in [-0.2, 0) is 10.0 Å². The first-order valence-electron chi connectivity index (χ1n) is 8.35. The highest BCUT2D eigenvalue weighted by Gasteiger charge is 2.19. The number of aromatic carboxylic acids is 1. The second-order valence-electron chi connectivity index (χ2n) is 6.12. The van der Waals surface area contributed by atoms with Crippen molar-refractivity contribution in [1.29, 1.82) is 0 Å². The molecule has 0 spiro atoms. The van der Waals surface area contributed by atoms with Crippen LogP contribution in [-0.4, -0.2) is 24.5 Å². The Labute approximate surface area is 170 Å². The summed E-state index contributed by atoms with van der Waals surface area (Å²) in [5, 5.41) is 9.76. The maximum atomic E-state index is 12.8. The number of hydrogen-bond acceptors (Lipinski definition) is 5. The Morgan fingerprint density at radius 2 is 1.83 bits per heavy atom. The number of aromatic nitrogens is 1. The largest absolute Gasteiger partial charge is 0.478 e. The SMILES string of the molecule is O=C(O)c1ccccc1NS(=O)(=O)c1cccc(-c2nc3cc(Cl)ccc3o2)c1. The number of nitrogens with one attached hydrogen (secondary N) is 1. The van der Waals surface area contributed by atoms with Crippen LogP contribution in [0.25, 0.3) is 22.6 Å². The topological polar surface area (TPSA) is 110 Å². The van der Waals surface area contributed by atoms with Gasteiger partial charge in [0.25, 0.3) is 10.0 Å². The van der Waals surface area contributed by atoms with Crippen LogP contribution in [0.2, 0.25) is 5.02 Å². The van der Waals surface area contributed by atoms with Gasteiger partial charge in [0.05, 0.1) is 16.1 Å². The Kier molecular flexibility index (Phi) is 4.73. The Morgan fingerprint density at radius 3 is 2.62 bits per heavy atom. The molecule has 0 saturated heterocycles. The molecule has 0 saturated carbocycles. The summed E-state index contributed by atoms with van der Waals surface area (Å²) in [6, 6.07) is 16.8. The van der Waals surface area contributed by atoms with E-state index in [1.54, 1.807) is 36.4 Å². The number of carboxylic acids is 1. The number of oxazole rings is 1. The van der Waals surface area contributed by atoms with Crippen molar-refractivity contribution in [3.05, 3.63) is 77.3 Å². The second kappa shape index (κ2) is 7.23. The van der Waals surface area contributed by atoms with E-state index in [0.29, 0.717) is 21.7 Å². The van der Waals surface area contributed by atoms with Crippen LogP contribution in [0.5, 0.6) is 0 Å². The van der Waals surface area contributed by atoms with E-state index in [2.05, 4.69) is 9.71 Å². The van der Waals surface area contributed by atoms with Crippen molar-refractivity contribution < 1.29 is 22.7 Å². The van der Waals surface area contributed by atoms with Crippen LogP contribution in [0.1, 0.15) is 10.4 Å². The molecule has 146 valence electrons. The van der Waals surface area contributed by atoms with Crippen molar-refractivity contribution in [3.63, 3.8) is 0 Å². The van der Waals surface area contributed by atoms with E-state index in [4.69, 9.17) is 16.0 Å². The molecule has 29 heavy (non-hydrogen) atoms. The van der Waals surface area contributed by atoms with Gasteiger partial charge in [-0.3, -0.25) is 4.72 Å². The quantitative estimate of drug-likeness (QED) is 0.479. The molecule has 0 aliphatic carbocycles. The first kappa shape index (κ1) is 19.0. The van der Waals surface area contributed by atoms with E-state index in [0.717, 1.165) is 0 Å². The van der Waals surface area contributed by atoms with Crippen molar-refractivity contribution in [2.45, 2.75) is 4.90 Å². The van der Waals surface area contributed by atoms with Crippen LogP contribution in [0.3, 0.4) is 0 Å². The highest BCUT2D eigenvalue weighted by atomic mass is 35.5. The summed E-state index contributed by atoms with van der Waals surface area (Å²) in [7, 11) is -4.04. The van der Waals surface area contributed by atoms with Crippen molar-refractivity contribution >= 4 is 44.4 Å². The number of nitrogens with zero attached hydrogens (tertiary/aromatic N) is 1. The lowest BCUT2D eigenvalue weighted by molar-refractivity contribution is 0.0698. The van der Waals surface area contributed by atoms with Crippen molar-refractivity contribution in [2.24, 2.45) is 0 Å². The van der Waals surface area contributed by atoms with Crippen molar-refractivity contribution in [3.8, 4) is 11.5 Å². The van der Waals surface area contributed by atoms with Crippen molar-refractivity contribution in [1.82, 2.24) is 4.98 Å². The average molecular weight is 429 g/mol. The van der Waals surface area contributed by atoms with Crippen LogP contribution < -0.4 is 4.72 Å². The van der Waals surface area contributed by atoms with E-state index in [1.165, 1.54) is 30.3 Å². The average Bonchev–Trinajstić information content (AvgIpc) is 3.11. The highest BCUT2D eigenvalue weighted by Crippen LogP contribution is 2.28. The van der Waals surface area contributed by atoms with Gasteiger partial charge in [-0.2, -0.15) is 0 Å². The second-order valence-corrected chi connectivity index (χ2v) is 8.23. The molecular formula is C20H13ClN2O5S. The molecule has 0 atom stereocenters. The first-order valence-corrected chi connectivity index (χ1v) is 10.2. The fraction of sp³-hybridized carbons (Fsp3) is 0. The normalized spacial score (nSPS) is 11.5. The molecule has 0 unspecified atom stereocenters. The van der Waals surface area contributed by atoms with Crippen LogP contribution in [0.4, 0.5) is 5.69 Å². The van der Waals surface area contributed by atoms with E-state index in [9.17, 15) is 18.3 Å². The lowest BCUT2D eigenvalue weighted by Gasteiger charge is -2.11. The highest BCUT2D eigenvalue weighted by molar-refractivity contribution is 7.92. The Hall–Kier alpha value is -3.36. The Bertz CT molecular complexity index is 1350. The predicted octanol–water partition coefficient (Wildman–Crippen LogP) is 4.65. The molecule has 0 aliphatic rings. The zero-order chi connectivity index (χ0) is 20.6. The molecule has 1 heterocycles. The lowest BCUT2D eigenvalue weighted by atomic mass is 10.2. The zero-order valence-corrected chi connectivity index (χ0v) is 16.2. The fourth-order valence-electron chi connectivity index (χ4n) is 2.78. The molecule has 0 amide bonds. The van der Waals surface area contributed by atoms with Crippen molar-refractivity contribution in [2.75, 3.05) is 4.72 Å². The number of benzene rings is 3. The summed E-state index contributed by atoms with van der Waals surface area (Å²) in [4.78, 5) is 15.6. The van der Waals surface area contributed by atoms with E-state index < -0.39 is 16.0 Å². The number of rotatable bonds is 5. The number of anilines is 1. The summed E-state index contributed by atoms with van der Waals surface area (Å²) < 4.78 is 33.6. The molecule has 3 aromatic carbocycles. The minimum Gasteiger partial charge on any atom is -0.478 e. The maximum absolute atomic E-state index is 12.8. The van der Waals surface area contributed by atoms with Gasteiger partial charge in [-0.15, -0.1) is 0 Å².